The predicted octanol–water partition coefficient (Wildman–Crippen LogP) is 2.43. The third-order valence-electron chi connectivity index (χ3n) is 3.17. The van der Waals surface area contributed by atoms with Gasteiger partial charge in [0.25, 0.3) is 11.8 Å². The fourth-order valence-electron chi connectivity index (χ4n) is 1.88. The van der Waals surface area contributed by atoms with Gasteiger partial charge >= 0.3 is 12.6 Å². The summed E-state index contributed by atoms with van der Waals surface area (Å²) >= 11 is 3.27. The van der Waals surface area contributed by atoms with Gasteiger partial charge in [-0.05, 0) is 48.5 Å². The Balaban J connectivity index is 1.67. The molecule has 0 radical (unpaired) electrons. The number of amides is 2. The first-order valence-corrected chi connectivity index (χ1v) is 8.81. The van der Waals surface area contributed by atoms with E-state index in [1.165, 1.54) is 12.1 Å². The SMILES string of the molecule is O=C(COC(=O)c1ccc(OC(F)F)cc1)NNC(=O)COc1ccc(Br)cc1. The highest BCUT2D eigenvalue weighted by Crippen LogP contribution is 2.16. The number of rotatable bonds is 8. The molecule has 154 valence electrons. The molecule has 2 N–H and O–H groups in total. The van der Waals surface area contributed by atoms with E-state index in [4.69, 9.17) is 9.47 Å². The lowest BCUT2D eigenvalue weighted by atomic mass is 10.2. The van der Waals surface area contributed by atoms with Crippen LogP contribution < -0.4 is 20.3 Å². The van der Waals surface area contributed by atoms with E-state index in [1.807, 2.05) is 0 Å². The van der Waals surface area contributed by atoms with Crippen LogP contribution in [0.1, 0.15) is 10.4 Å². The number of esters is 1. The van der Waals surface area contributed by atoms with E-state index >= 15 is 0 Å². The molecule has 29 heavy (non-hydrogen) atoms. The van der Waals surface area contributed by atoms with E-state index in [-0.39, 0.29) is 17.9 Å². The molecule has 0 saturated carbocycles. The van der Waals surface area contributed by atoms with Crippen molar-refractivity contribution in [3.63, 3.8) is 0 Å². The third-order valence-corrected chi connectivity index (χ3v) is 3.70. The highest BCUT2D eigenvalue weighted by molar-refractivity contribution is 9.10. The molecule has 0 aliphatic carbocycles. The summed E-state index contributed by atoms with van der Waals surface area (Å²) in [7, 11) is 0. The van der Waals surface area contributed by atoms with Crippen molar-refractivity contribution in [3.05, 3.63) is 58.6 Å². The molecule has 0 aliphatic heterocycles. The van der Waals surface area contributed by atoms with Crippen molar-refractivity contribution in [1.82, 2.24) is 10.9 Å². The summed E-state index contributed by atoms with van der Waals surface area (Å²) in [6.45, 7) is -3.98. The Morgan fingerprint density at radius 3 is 2.00 bits per heavy atom. The van der Waals surface area contributed by atoms with E-state index in [9.17, 15) is 23.2 Å². The first-order valence-electron chi connectivity index (χ1n) is 8.01. The number of carbonyl (C=O) groups is 3. The molecule has 8 nitrogen and oxygen atoms in total. The Hall–Kier alpha value is -3.21. The smallest absolute Gasteiger partial charge is 0.387 e. The van der Waals surface area contributed by atoms with E-state index in [2.05, 4.69) is 31.5 Å². The molecular weight excluding hydrogens is 458 g/mol. The van der Waals surface area contributed by atoms with Gasteiger partial charge in [-0.15, -0.1) is 0 Å². The summed E-state index contributed by atoms with van der Waals surface area (Å²) in [5, 5.41) is 0. The van der Waals surface area contributed by atoms with Crippen molar-refractivity contribution in [1.29, 1.82) is 0 Å². The van der Waals surface area contributed by atoms with Crippen LogP contribution in [0.5, 0.6) is 11.5 Å². The standard InChI is InChI=1S/C18H15BrF2N2O6/c19-12-3-7-13(8-4-12)27-9-15(24)22-23-16(25)10-28-17(26)11-1-5-14(6-2-11)29-18(20)21/h1-8,18H,9-10H2,(H,22,24)(H,23,25). The number of hydrogen-bond acceptors (Lipinski definition) is 6. The van der Waals surface area contributed by atoms with Crippen LogP contribution in [0.4, 0.5) is 8.78 Å². The molecule has 0 spiro atoms. The second-order valence-corrected chi connectivity index (χ2v) is 6.23. The minimum Gasteiger partial charge on any atom is -0.484 e. The maximum absolute atomic E-state index is 12.1. The largest absolute Gasteiger partial charge is 0.484 e. The second kappa shape index (κ2) is 11.0. The average molecular weight is 473 g/mol. The van der Waals surface area contributed by atoms with Crippen LogP contribution in [0.25, 0.3) is 0 Å². The van der Waals surface area contributed by atoms with Crippen LogP contribution in [0.2, 0.25) is 0 Å². The monoisotopic (exact) mass is 472 g/mol. The number of benzene rings is 2. The molecule has 0 unspecified atom stereocenters. The summed E-state index contributed by atoms with van der Waals surface area (Å²) in [6, 6.07) is 11.5. The highest BCUT2D eigenvalue weighted by Gasteiger charge is 2.12. The van der Waals surface area contributed by atoms with Gasteiger partial charge in [-0.2, -0.15) is 8.78 Å². The van der Waals surface area contributed by atoms with Crippen LogP contribution in [0, 0.1) is 0 Å². The lowest BCUT2D eigenvalue weighted by Gasteiger charge is -2.09. The Morgan fingerprint density at radius 1 is 0.862 bits per heavy atom. The Morgan fingerprint density at radius 2 is 1.41 bits per heavy atom. The zero-order valence-electron chi connectivity index (χ0n) is 14.7. The zero-order chi connectivity index (χ0) is 21.2. The van der Waals surface area contributed by atoms with Crippen molar-refractivity contribution in [3.8, 4) is 11.5 Å². The van der Waals surface area contributed by atoms with Gasteiger partial charge in [0.05, 0.1) is 5.56 Å². The summed E-state index contributed by atoms with van der Waals surface area (Å²) in [6.07, 6.45) is 0. The molecule has 2 aromatic carbocycles. The summed E-state index contributed by atoms with van der Waals surface area (Å²) in [4.78, 5) is 35.0. The van der Waals surface area contributed by atoms with Gasteiger partial charge in [0.15, 0.2) is 13.2 Å². The molecule has 0 aromatic heterocycles. The van der Waals surface area contributed by atoms with Gasteiger partial charge in [-0.3, -0.25) is 20.4 Å². The second-order valence-electron chi connectivity index (χ2n) is 5.32. The number of carbonyl (C=O) groups excluding carboxylic acids is 3. The van der Waals surface area contributed by atoms with Gasteiger partial charge in [-0.25, -0.2) is 4.79 Å². The summed E-state index contributed by atoms with van der Waals surface area (Å²) < 4.78 is 39.1. The van der Waals surface area contributed by atoms with Crippen molar-refractivity contribution in [2.75, 3.05) is 13.2 Å². The molecular formula is C18H15BrF2N2O6. The molecule has 0 heterocycles. The molecule has 0 aliphatic rings. The minimum absolute atomic E-state index is 0.0337. The zero-order valence-corrected chi connectivity index (χ0v) is 16.3. The van der Waals surface area contributed by atoms with Gasteiger partial charge in [-0.1, -0.05) is 15.9 Å². The fourth-order valence-corrected chi connectivity index (χ4v) is 2.14. The first-order chi connectivity index (χ1) is 13.8. The van der Waals surface area contributed by atoms with Gasteiger partial charge in [0.1, 0.15) is 11.5 Å². The number of halogens is 3. The number of nitrogens with one attached hydrogen (secondary N) is 2. The number of hydrazine groups is 1. The van der Waals surface area contributed by atoms with Gasteiger partial charge in [0.2, 0.25) is 0 Å². The maximum Gasteiger partial charge on any atom is 0.387 e. The van der Waals surface area contributed by atoms with E-state index < -0.39 is 31.0 Å². The lowest BCUT2D eigenvalue weighted by molar-refractivity contribution is -0.131. The van der Waals surface area contributed by atoms with E-state index in [0.717, 1.165) is 16.6 Å². The molecule has 2 aromatic rings. The van der Waals surface area contributed by atoms with Crippen molar-refractivity contribution in [2.24, 2.45) is 0 Å². The normalized spacial score (nSPS) is 10.2. The summed E-state index contributed by atoms with van der Waals surface area (Å²) in [5.41, 5.74) is 4.19. The first kappa shape index (κ1) is 22.1. The maximum atomic E-state index is 12.1. The minimum atomic E-state index is -2.98. The quantitative estimate of drug-likeness (QED) is 0.451. The van der Waals surface area contributed by atoms with E-state index in [1.54, 1.807) is 24.3 Å². The van der Waals surface area contributed by atoms with Crippen LogP contribution in [0.15, 0.2) is 53.0 Å². The Labute approximate surface area is 172 Å². The van der Waals surface area contributed by atoms with Crippen molar-refractivity contribution < 1.29 is 37.4 Å². The molecule has 0 bridgehead atoms. The van der Waals surface area contributed by atoms with Gasteiger partial charge in [0, 0.05) is 4.47 Å². The molecule has 0 fully saturated rings. The predicted molar refractivity (Wildman–Crippen MR) is 99.3 cm³/mol. The fraction of sp³-hybridized carbons (Fsp3) is 0.167. The molecule has 0 saturated heterocycles. The lowest BCUT2D eigenvalue weighted by Crippen LogP contribution is -2.45. The highest BCUT2D eigenvalue weighted by atomic mass is 79.9. The number of alkyl halides is 2. The Bertz CT molecular complexity index is 846. The Kier molecular flexibility index (Phi) is 8.34. The molecule has 0 atom stereocenters. The molecule has 11 heteroatoms. The van der Waals surface area contributed by atoms with E-state index in [0.29, 0.717) is 5.75 Å². The van der Waals surface area contributed by atoms with Crippen LogP contribution in [0.3, 0.4) is 0 Å². The third kappa shape index (κ3) is 8.13. The number of hydrogen-bond donors (Lipinski definition) is 2. The van der Waals surface area contributed by atoms with Crippen LogP contribution >= 0.6 is 15.9 Å². The molecule has 2 amide bonds. The van der Waals surface area contributed by atoms with Crippen molar-refractivity contribution >= 4 is 33.7 Å². The number of ether oxygens (including phenoxy) is 3. The topological polar surface area (TPSA) is 103 Å². The van der Waals surface area contributed by atoms with Gasteiger partial charge < -0.3 is 14.2 Å². The molecule has 2 rings (SSSR count). The summed E-state index contributed by atoms with van der Waals surface area (Å²) in [5.74, 6) is -1.92. The van der Waals surface area contributed by atoms with Crippen molar-refractivity contribution in [2.45, 2.75) is 6.61 Å². The van der Waals surface area contributed by atoms with Crippen LogP contribution in [-0.4, -0.2) is 37.6 Å². The average Bonchev–Trinajstić information content (AvgIpc) is 2.70. The van der Waals surface area contributed by atoms with Crippen LogP contribution in [-0.2, 0) is 14.3 Å².